The van der Waals surface area contributed by atoms with E-state index < -0.39 is 0 Å². The van der Waals surface area contributed by atoms with E-state index in [0.717, 1.165) is 12.8 Å². The Kier molecular flexibility index (Phi) is 2.95. The van der Waals surface area contributed by atoms with Gasteiger partial charge in [-0.1, -0.05) is 30.9 Å². The summed E-state index contributed by atoms with van der Waals surface area (Å²) in [6.07, 6.45) is 7.16. The molecule has 1 heterocycles. The Labute approximate surface area is 93.1 Å². The summed E-state index contributed by atoms with van der Waals surface area (Å²) in [7, 11) is 0. The van der Waals surface area contributed by atoms with Gasteiger partial charge < -0.3 is 5.73 Å². The van der Waals surface area contributed by atoms with E-state index in [9.17, 15) is 4.79 Å². The van der Waals surface area contributed by atoms with Crippen molar-refractivity contribution in [3.8, 4) is 0 Å². The minimum atomic E-state index is -0.207. The minimum Gasteiger partial charge on any atom is -0.392 e. The second kappa shape index (κ2) is 4.23. The minimum absolute atomic E-state index is 0.0599. The Morgan fingerprint density at radius 2 is 2.07 bits per heavy atom. The Balaban J connectivity index is 2.35. The lowest BCUT2D eigenvalue weighted by Gasteiger charge is -2.23. The number of nitrogens with two attached hydrogens (primary N) is 1. The Morgan fingerprint density at radius 3 is 2.73 bits per heavy atom. The Morgan fingerprint density at radius 1 is 1.40 bits per heavy atom. The van der Waals surface area contributed by atoms with E-state index in [1.807, 2.05) is 0 Å². The topological polar surface area (TPSA) is 60.9 Å². The first-order chi connectivity index (χ1) is 7.20. The molecule has 0 amide bonds. The van der Waals surface area contributed by atoms with Gasteiger partial charge in [0.25, 0.3) is 5.56 Å². The summed E-state index contributed by atoms with van der Waals surface area (Å²) >= 11 is 5.68. The van der Waals surface area contributed by atoms with E-state index in [4.69, 9.17) is 17.3 Å². The van der Waals surface area contributed by atoms with Crippen molar-refractivity contribution in [2.24, 2.45) is 0 Å². The summed E-state index contributed by atoms with van der Waals surface area (Å²) in [5.41, 5.74) is 5.41. The summed E-state index contributed by atoms with van der Waals surface area (Å²) in [4.78, 5) is 15.7. The van der Waals surface area contributed by atoms with Crippen molar-refractivity contribution in [2.75, 3.05) is 5.73 Å². The molecule has 4 nitrogen and oxygen atoms in total. The van der Waals surface area contributed by atoms with Crippen molar-refractivity contribution in [2.45, 2.75) is 38.1 Å². The average Bonchev–Trinajstić information content (AvgIpc) is 2.27. The van der Waals surface area contributed by atoms with Gasteiger partial charge in [0.2, 0.25) is 0 Å². The number of nitrogens with zero attached hydrogens (tertiary/aromatic N) is 2. The van der Waals surface area contributed by atoms with Gasteiger partial charge in [-0.3, -0.25) is 9.36 Å². The molecule has 2 rings (SSSR count). The Bertz CT molecular complexity index is 410. The fourth-order valence-corrected chi connectivity index (χ4v) is 2.21. The predicted octanol–water partition coefficient (Wildman–Crippen LogP) is 1.98. The lowest BCUT2D eigenvalue weighted by Crippen LogP contribution is -2.28. The number of hydrogen-bond acceptors (Lipinski definition) is 3. The molecule has 0 unspecified atom stereocenters. The fraction of sp³-hybridized carbons (Fsp3) is 0.600. The van der Waals surface area contributed by atoms with Crippen LogP contribution in [0.5, 0.6) is 0 Å². The van der Waals surface area contributed by atoms with E-state index >= 15 is 0 Å². The second-order valence-corrected chi connectivity index (χ2v) is 4.31. The zero-order valence-corrected chi connectivity index (χ0v) is 9.20. The maximum Gasteiger partial charge on any atom is 0.278 e. The van der Waals surface area contributed by atoms with Crippen LogP contribution >= 0.6 is 11.6 Å². The normalized spacial score (nSPS) is 17.9. The highest BCUT2D eigenvalue weighted by atomic mass is 35.5. The first-order valence-electron chi connectivity index (χ1n) is 5.22. The summed E-state index contributed by atoms with van der Waals surface area (Å²) in [6.45, 7) is 0. The molecular weight excluding hydrogens is 214 g/mol. The zero-order valence-electron chi connectivity index (χ0n) is 8.45. The molecule has 0 bridgehead atoms. The van der Waals surface area contributed by atoms with Crippen LogP contribution < -0.4 is 11.3 Å². The number of nitrogen functional groups attached to an aromatic ring is 1. The first-order valence-corrected chi connectivity index (χ1v) is 5.60. The van der Waals surface area contributed by atoms with Gasteiger partial charge in [-0.15, -0.1) is 0 Å². The third-order valence-corrected chi connectivity index (χ3v) is 3.25. The number of hydrogen-bond donors (Lipinski definition) is 1. The summed E-state index contributed by atoms with van der Waals surface area (Å²) in [5, 5.41) is 0.104. The largest absolute Gasteiger partial charge is 0.392 e. The monoisotopic (exact) mass is 227 g/mol. The van der Waals surface area contributed by atoms with Gasteiger partial charge in [0.15, 0.2) is 5.15 Å². The SMILES string of the molecule is Nc1c(Cl)ncn(C2CCCCC2)c1=O. The molecule has 2 N–H and O–H groups in total. The highest BCUT2D eigenvalue weighted by molar-refractivity contribution is 6.31. The Hall–Kier alpha value is -1.03. The van der Waals surface area contributed by atoms with Crippen molar-refractivity contribution < 1.29 is 0 Å². The van der Waals surface area contributed by atoms with Gasteiger partial charge in [-0.2, -0.15) is 0 Å². The maximum atomic E-state index is 11.8. The fourth-order valence-electron chi connectivity index (χ4n) is 2.08. The second-order valence-electron chi connectivity index (χ2n) is 3.95. The van der Waals surface area contributed by atoms with Crippen LogP contribution in [0.1, 0.15) is 38.1 Å². The van der Waals surface area contributed by atoms with E-state index in [1.54, 1.807) is 4.57 Å². The highest BCUT2D eigenvalue weighted by Crippen LogP contribution is 2.27. The third kappa shape index (κ3) is 2.00. The maximum absolute atomic E-state index is 11.8. The molecule has 1 aliphatic carbocycles. The molecule has 0 radical (unpaired) electrons. The molecular formula is C10H14ClN3O. The molecule has 0 spiro atoms. The highest BCUT2D eigenvalue weighted by Gasteiger charge is 2.18. The smallest absolute Gasteiger partial charge is 0.278 e. The quantitative estimate of drug-likeness (QED) is 0.747. The van der Waals surface area contributed by atoms with Gasteiger partial charge in [-0.25, -0.2) is 4.98 Å². The third-order valence-electron chi connectivity index (χ3n) is 2.95. The molecule has 0 aliphatic heterocycles. The van der Waals surface area contributed by atoms with Crippen LogP contribution in [-0.4, -0.2) is 9.55 Å². The van der Waals surface area contributed by atoms with Crippen LogP contribution in [-0.2, 0) is 0 Å². The van der Waals surface area contributed by atoms with Crippen molar-refractivity contribution in [1.82, 2.24) is 9.55 Å². The molecule has 1 aromatic rings. The molecule has 1 aromatic heterocycles. The van der Waals surface area contributed by atoms with Crippen molar-refractivity contribution >= 4 is 17.3 Å². The summed E-state index contributed by atoms with van der Waals surface area (Å²) in [5.74, 6) is 0. The standard InChI is InChI=1S/C10H14ClN3O/c11-9-8(12)10(15)14(6-13-9)7-4-2-1-3-5-7/h6-7H,1-5,12H2. The molecule has 1 fully saturated rings. The number of halogens is 1. The molecule has 0 atom stereocenters. The van der Waals surface area contributed by atoms with Crippen molar-refractivity contribution in [3.05, 3.63) is 21.8 Å². The van der Waals surface area contributed by atoms with Crippen LogP contribution in [0.25, 0.3) is 0 Å². The van der Waals surface area contributed by atoms with E-state index in [2.05, 4.69) is 4.98 Å². The van der Waals surface area contributed by atoms with E-state index in [1.165, 1.54) is 25.6 Å². The lowest BCUT2D eigenvalue weighted by atomic mass is 9.95. The summed E-state index contributed by atoms with van der Waals surface area (Å²) in [6, 6.07) is 0.248. The van der Waals surface area contributed by atoms with Crippen LogP contribution in [0.2, 0.25) is 5.15 Å². The number of rotatable bonds is 1. The van der Waals surface area contributed by atoms with Crippen molar-refractivity contribution in [1.29, 1.82) is 0 Å². The molecule has 1 saturated carbocycles. The van der Waals surface area contributed by atoms with Crippen LogP contribution in [0, 0.1) is 0 Å². The lowest BCUT2D eigenvalue weighted by molar-refractivity contribution is 0.344. The van der Waals surface area contributed by atoms with Gasteiger partial charge >= 0.3 is 0 Å². The van der Waals surface area contributed by atoms with Crippen molar-refractivity contribution in [3.63, 3.8) is 0 Å². The zero-order chi connectivity index (χ0) is 10.8. The predicted molar refractivity (Wildman–Crippen MR) is 60.0 cm³/mol. The summed E-state index contributed by atoms with van der Waals surface area (Å²) < 4.78 is 1.63. The molecule has 1 aliphatic rings. The van der Waals surface area contributed by atoms with Gasteiger partial charge in [0.1, 0.15) is 5.69 Å². The van der Waals surface area contributed by atoms with Crippen LogP contribution in [0.4, 0.5) is 5.69 Å². The van der Waals surface area contributed by atoms with E-state index in [0.29, 0.717) is 0 Å². The first kappa shape index (κ1) is 10.5. The molecule has 0 aromatic carbocycles. The number of anilines is 1. The van der Waals surface area contributed by atoms with Crippen LogP contribution in [0.15, 0.2) is 11.1 Å². The van der Waals surface area contributed by atoms with Gasteiger partial charge in [0.05, 0.1) is 6.33 Å². The van der Waals surface area contributed by atoms with Gasteiger partial charge in [0, 0.05) is 6.04 Å². The van der Waals surface area contributed by atoms with Crippen LogP contribution in [0.3, 0.4) is 0 Å². The number of aromatic nitrogens is 2. The van der Waals surface area contributed by atoms with E-state index in [-0.39, 0.29) is 22.4 Å². The molecule has 5 heteroatoms. The average molecular weight is 228 g/mol. The molecule has 15 heavy (non-hydrogen) atoms. The van der Waals surface area contributed by atoms with Gasteiger partial charge in [-0.05, 0) is 12.8 Å². The molecule has 0 saturated heterocycles. The molecule has 82 valence electrons.